The van der Waals surface area contributed by atoms with Gasteiger partial charge in [0.1, 0.15) is 23.8 Å². The topological polar surface area (TPSA) is 80.8 Å². The maximum absolute atomic E-state index is 13.2. The number of nitrogens with zero attached hydrogens (tertiary/aromatic N) is 2. The maximum Gasteiger partial charge on any atom is 0.407 e. The fourth-order valence-corrected chi connectivity index (χ4v) is 3.08. The monoisotopic (exact) mass is 427 g/mol. The van der Waals surface area contributed by atoms with Crippen LogP contribution in [0.5, 0.6) is 5.75 Å². The number of anilines is 1. The van der Waals surface area contributed by atoms with E-state index in [2.05, 4.69) is 10.3 Å². The summed E-state index contributed by atoms with van der Waals surface area (Å²) in [5.74, 6) is 1.03. The van der Waals surface area contributed by atoms with Gasteiger partial charge in [0.15, 0.2) is 0 Å². The van der Waals surface area contributed by atoms with Gasteiger partial charge < -0.3 is 14.8 Å². The molecule has 0 saturated heterocycles. The van der Waals surface area contributed by atoms with Crippen LogP contribution in [0.4, 0.5) is 15.0 Å². The van der Waals surface area contributed by atoms with Crippen LogP contribution in [0.2, 0.25) is 0 Å². The average Bonchev–Trinajstić information content (AvgIpc) is 2.73. The van der Waals surface area contributed by atoms with Crippen molar-refractivity contribution in [2.45, 2.75) is 32.8 Å². The van der Waals surface area contributed by atoms with Gasteiger partial charge in [-0.2, -0.15) is 0 Å². The first kappa shape index (κ1) is 22.3. The third-order valence-electron chi connectivity index (χ3n) is 4.52. The fourth-order valence-electron chi connectivity index (χ4n) is 3.08. The third-order valence-corrected chi connectivity index (χ3v) is 4.52. The lowest BCUT2D eigenvalue weighted by Gasteiger charge is -2.28. The van der Waals surface area contributed by atoms with Gasteiger partial charge in [-0.25, -0.2) is 14.2 Å². The number of ether oxygens (including phenoxy) is 2. The summed E-state index contributed by atoms with van der Waals surface area (Å²) in [6, 6.07) is 10.6. The first-order valence-electron chi connectivity index (χ1n) is 10.0. The molecule has 0 radical (unpaired) electrons. The highest BCUT2D eigenvalue weighted by Gasteiger charge is 2.26. The number of amides is 2. The predicted molar refractivity (Wildman–Crippen MR) is 115 cm³/mol. The summed E-state index contributed by atoms with van der Waals surface area (Å²) in [5, 5.41) is 2.50. The van der Waals surface area contributed by atoms with E-state index in [1.54, 1.807) is 62.2 Å². The molecule has 0 aliphatic carbocycles. The molecule has 1 aliphatic heterocycles. The van der Waals surface area contributed by atoms with Gasteiger partial charge in [0.25, 0.3) is 5.91 Å². The molecule has 1 aromatic carbocycles. The molecule has 1 aliphatic rings. The molecule has 2 aromatic rings. The Balaban J connectivity index is 1.58. The molecule has 3 rings (SSSR count). The number of benzene rings is 1. The highest BCUT2D eigenvalue weighted by atomic mass is 19.1. The number of nitrogens with one attached hydrogen (secondary N) is 1. The summed E-state index contributed by atoms with van der Waals surface area (Å²) in [4.78, 5) is 30.4. The second kappa shape index (κ2) is 9.59. The van der Waals surface area contributed by atoms with E-state index in [-0.39, 0.29) is 24.6 Å². The SMILES string of the molecule is CC(C)(C)OC(=O)NC/C(=C\F)COc1ccc2c(c1)CCN(c1ccccn1)C2=O. The third kappa shape index (κ3) is 6.04. The smallest absolute Gasteiger partial charge is 0.407 e. The van der Waals surface area contributed by atoms with Crippen LogP contribution in [-0.4, -0.2) is 42.3 Å². The van der Waals surface area contributed by atoms with Crippen molar-refractivity contribution in [3.8, 4) is 5.75 Å². The normalized spacial score (nSPS) is 14.1. The fraction of sp³-hybridized carbons (Fsp3) is 0.348. The van der Waals surface area contributed by atoms with Crippen molar-refractivity contribution in [1.29, 1.82) is 0 Å². The number of hydrogen-bond donors (Lipinski definition) is 1. The standard InChI is InChI=1S/C23H26FN3O4/c1-23(2,3)31-22(29)26-14-16(13-24)15-30-18-7-8-19-17(12-18)9-11-27(21(19)28)20-6-4-5-10-25-20/h4-8,10,12-13H,9,11,14-15H2,1-3H3,(H,26,29)/b16-13+. The molecular weight excluding hydrogens is 401 g/mol. The summed E-state index contributed by atoms with van der Waals surface area (Å²) in [5.41, 5.74) is 1.08. The average molecular weight is 427 g/mol. The summed E-state index contributed by atoms with van der Waals surface area (Å²) >= 11 is 0. The van der Waals surface area contributed by atoms with Crippen molar-refractivity contribution in [2.24, 2.45) is 0 Å². The van der Waals surface area contributed by atoms with Crippen LogP contribution in [0.3, 0.4) is 0 Å². The highest BCUT2D eigenvalue weighted by molar-refractivity contribution is 6.07. The molecule has 1 N–H and O–H groups in total. The van der Waals surface area contributed by atoms with Gasteiger partial charge in [-0.3, -0.25) is 9.69 Å². The Morgan fingerprint density at radius 1 is 1.29 bits per heavy atom. The van der Waals surface area contributed by atoms with Gasteiger partial charge in [0.05, 0.1) is 6.33 Å². The zero-order chi connectivity index (χ0) is 22.4. The van der Waals surface area contributed by atoms with Crippen molar-refractivity contribution in [1.82, 2.24) is 10.3 Å². The van der Waals surface area contributed by atoms with Gasteiger partial charge in [0, 0.05) is 30.4 Å². The van der Waals surface area contributed by atoms with E-state index in [0.717, 1.165) is 5.56 Å². The molecular formula is C23H26FN3O4. The lowest BCUT2D eigenvalue weighted by atomic mass is 9.98. The van der Waals surface area contributed by atoms with E-state index in [1.807, 2.05) is 6.07 Å². The van der Waals surface area contributed by atoms with E-state index in [1.165, 1.54) is 0 Å². The van der Waals surface area contributed by atoms with E-state index < -0.39 is 11.7 Å². The Hall–Kier alpha value is -3.42. The number of hydrogen-bond acceptors (Lipinski definition) is 5. The molecule has 2 amide bonds. The molecule has 0 spiro atoms. The molecule has 7 nitrogen and oxygen atoms in total. The van der Waals surface area contributed by atoms with Gasteiger partial charge in [-0.05, 0) is 63.1 Å². The molecule has 2 heterocycles. The Bertz CT molecular complexity index is 971. The predicted octanol–water partition coefficient (Wildman–Crippen LogP) is 4.04. The van der Waals surface area contributed by atoms with Gasteiger partial charge >= 0.3 is 6.09 Å². The van der Waals surface area contributed by atoms with E-state index in [4.69, 9.17) is 9.47 Å². The van der Waals surface area contributed by atoms with Crippen LogP contribution >= 0.6 is 0 Å². The number of alkyl carbamates (subject to hydrolysis) is 1. The number of halogens is 1. The highest BCUT2D eigenvalue weighted by Crippen LogP contribution is 2.26. The first-order valence-corrected chi connectivity index (χ1v) is 10.0. The number of carbonyl (C=O) groups excluding carboxylic acids is 2. The molecule has 164 valence electrons. The Morgan fingerprint density at radius 3 is 2.77 bits per heavy atom. The summed E-state index contributed by atoms with van der Waals surface area (Å²) in [6.07, 6.45) is 2.09. The molecule has 0 atom stereocenters. The number of pyridine rings is 1. The quantitative estimate of drug-likeness (QED) is 0.753. The molecule has 0 bridgehead atoms. The van der Waals surface area contributed by atoms with Crippen LogP contribution in [-0.2, 0) is 11.2 Å². The maximum atomic E-state index is 13.2. The molecule has 0 saturated carbocycles. The molecule has 1 aromatic heterocycles. The van der Waals surface area contributed by atoms with Gasteiger partial charge in [0.2, 0.25) is 0 Å². The van der Waals surface area contributed by atoms with E-state index in [9.17, 15) is 14.0 Å². The lowest BCUT2D eigenvalue weighted by molar-refractivity contribution is 0.0531. The Morgan fingerprint density at radius 2 is 2.10 bits per heavy atom. The minimum atomic E-state index is -0.632. The van der Waals surface area contributed by atoms with Crippen LogP contribution in [0.1, 0.15) is 36.7 Å². The molecule has 31 heavy (non-hydrogen) atoms. The van der Waals surface area contributed by atoms with Crippen LogP contribution < -0.4 is 15.0 Å². The van der Waals surface area contributed by atoms with E-state index >= 15 is 0 Å². The molecule has 8 heteroatoms. The van der Waals surface area contributed by atoms with Crippen molar-refractivity contribution >= 4 is 17.8 Å². The molecule has 0 fully saturated rings. The summed E-state index contributed by atoms with van der Waals surface area (Å²) < 4.78 is 24.0. The Kier molecular flexibility index (Phi) is 6.89. The Labute approximate surface area is 180 Å². The van der Waals surface area contributed by atoms with E-state index in [0.29, 0.717) is 36.4 Å². The second-order valence-corrected chi connectivity index (χ2v) is 8.13. The number of fused-ring (bicyclic) bond motifs is 1. The van der Waals surface area contributed by atoms with Crippen molar-refractivity contribution in [2.75, 3.05) is 24.6 Å². The number of rotatable bonds is 6. The molecule has 0 unspecified atom stereocenters. The van der Waals surface area contributed by atoms with Crippen LogP contribution in [0, 0.1) is 0 Å². The first-order chi connectivity index (χ1) is 14.8. The zero-order valence-corrected chi connectivity index (χ0v) is 17.9. The minimum absolute atomic E-state index is 0.0339. The zero-order valence-electron chi connectivity index (χ0n) is 17.9. The lowest BCUT2D eigenvalue weighted by Crippen LogP contribution is -2.38. The second-order valence-electron chi connectivity index (χ2n) is 8.13. The van der Waals surface area contributed by atoms with Crippen molar-refractivity contribution in [3.63, 3.8) is 0 Å². The number of aromatic nitrogens is 1. The van der Waals surface area contributed by atoms with Crippen molar-refractivity contribution < 1.29 is 23.5 Å². The van der Waals surface area contributed by atoms with Gasteiger partial charge in [-0.15, -0.1) is 0 Å². The number of carbonyl (C=O) groups is 2. The van der Waals surface area contributed by atoms with Gasteiger partial charge in [-0.1, -0.05) is 6.07 Å². The summed E-state index contributed by atoms with van der Waals surface area (Å²) in [7, 11) is 0. The van der Waals surface area contributed by atoms with Crippen LogP contribution in [0.25, 0.3) is 0 Å². The summed E-state index contributed by atoms with van der Waals surface area (Å²) in [6.45, 7) is 5.68. The minimum Gasteiger partial charge on any atom is -0.489 e. The van der Waals surface area contributed by atoms with Crippen molar-refractivity contribution in [3.05, 3.63) is 65.6 Å². The largest absolute Gasteiger partial charge is 0.489 e. The van der Waals surface area contributed by atoms with Crippen LogP contribution in [0.15, 0.2) is 54.5 Å².